The summed E-state index contributed by atoms with van der Waals surface area (Å²) in [4.78, 5) is 3.52. The number of nitriles is 1. The third-order valence-electron chi connectivity index (χ3n) is 3.97. The lowest BCUT2D eigenvalue weighted by molar-refractivity contribution is -0.141. The highest BCUT2D eigenvalue weighted by Crippen LogP contribution is 2.36. The van der Waals surface area contributed by atoms with E-state index in [2.05, 4.69) is 10.1 Å². The first kappa shape index (κ1) is 22.0. The van der Waals surface area contributed by atoms with Crippen molar-refractivity contribution < 1.29 is 39.9 Å². The van der Waals surface area contributed by atoms with Crippen molar-refractivity contribution in [2.75, 3.05) is 0 Å². The fourth-order valence-electron chi connectivity index (χ4n) is 2.48. The largest absolute Gasteiger partial charge is 0.435 e. The quantitative estimate of drug-likeness (QED) is 0.499. The maximum Gasteiger partial charge on any atom is 0.435 e. The van der Waals surface area contributed by atoms with Crippen LogP contribution in [0.2, 0.25) is 0 Å². The third kappa shape index (κ3) is 4.27. The van der Waals surface area contributed by atoms with Gasteiger partial charge in [0.25, 0.3) is 5.88 Å². The first-order valence-electron chi connectivity index (χ1n) is 8.08. The number of ether oxygens (including phenoxy) is 1. The lowest BCUT2D eigenvalue weighted by Crippen LogP contribution is -2.06. The maximum absolute atomic E-state index is 14.5. The van der Waals surface area contributed by atoms with Gasteiger partial charge in [0.1, 0.15) is 17.3 Å². The third-order valence-corrected chi connectivity index (χ3v) is 3.97. The molecule has 0 N–H and O–H groups in total. The van der Waals surface area contributed by atoms with E-state index in [0.717, 1.165) is 19.2 Å². The summed E-state index contributed by atoms with van der Waals surface area (Å²) in [6.45, 7) is 0. The maximum atomic E-state index is 14.5. The molecule has 5 nitrogen and oxygen atoms in total. The van der Waals surface area contributed by atoms with Gasteiger partial charge < -0.3 is 4.74 Å². The van der Waals surface area contributed by atoms with Crippen LogP contribution in [0.3, 0.4) is 0 Å². The molecule has 31 heavy (non-hydrogen) atoms. The number of aryl methyl sites for hydroxylation is 1. The van der Waals surface area contributed by atoms with Crippen LogP contribution in [0.25, 0.3) is 11.3 Å². The Labute approximate surface area is 168 Å². The van der Waals surface area contributed by atoms with Gasteiger partial charge in [-0.2, -0.15) is 41.1 Å². The zero-order chi connectivity index (χ0) is 23.1. The molecule has 0 aliphatic carbocycles. The van der Waals surface area contributed by atoms with Crippen LogP contribution in [0.5, 0.6) is 11.8 Å². The molecule has 2 aromatic heterocycles. The zero-order valence-corrected chi connectivity index (χ0v) is 15.1. The van der Waals surface area contributed by atoms with Crippen molar-refractivity contribution in [1.29, 1.82) is 5.26 Å². The summed E-state index contributed by atoms with van der Waals surface area (Å²) in [6.07, 6.45) is -9.51. The molecular formula is C18H8F8N4O. The van der Waals surface area contributed by atoms with Crippen LogP contribution < -0.4 is 4.74 Å². The molecule has 2 heterocycles. The number of alkyl halides is 6. The molecule has 13 heteroatoms. The fourth-order valence-corrected chi connectivity index (χ4v) is 2.48. The van der Waals surface area contributed by atoms with Crippen LogP contribution in [-0.4, -0.2) is 14.8 Å². The molecule has 0 fully saturated rings. The van der Waals surface area contributed by atoms with Gasteiger partial charge in [-0.1, -0.05) is 12.1 Å². The lowest BCUT2D eigenvalue weighted by atomic mass is 10.1. The summed E-state index contributed by atoms with van der Waals surface area (Å²) in [5.41, 5.74) is -4.59. The van der Waals surface area contributed by atoms with E-state index in [-0.39, 0.29) is 5.56 Å². The van der Waals surface area contributed by atoms with Crippen molar-refractivity contribution in [3.05, 3.63) is 58.8 Å². The van der Waals surface area contributed by atoms with Gasteiger partial charge in [0.05, 0.1) is 5.56 Å². The smallest absolute Gasteiger partial charge is 0.418 e. The number of nitrogens with zero attached hydrogens (tertiary/aromatic N) is 4. The molecule has 0 amide bonds. The minimum atomic E-state index is -4.84. The van der Waals surface area contributed by atoms with Crippen LogP contribution in [0, 0.1) is 23.0 Å². The molecule has 162 valence electrons. The Kier molecular flexibility index (Phi) is 5.35. The molecule has 0 aliphatic heterocycles. The SMILES string of the molecule is Cn1nc(C(F)(F)F)cc1Oc1nc(-c2ccc(C(F)(F)F)cc2)c(F)c(C#N)c1F. The predicted molar refractivity (Wildman–Crippen MR) is 87.6 cm³/mol. The average molecular weight is 448 g/mol. The van der Waals surface area contributed by atoms with E-state index >= 15 is 0 Å². The first-order chi connectivity index (χ1) is 14.3. The Hall–Kier alpha value is -3.69. The normalized spacial score (nSPS) is 12.0. The van der Waals surface area contributed by atoms with Crippen molar-refractivity contribution in [2.24, 2.45) is 7.05 Å². The number of rotatable bonds is 3. The van der Waals surface area contributed by atoms with Gasteiger partial charge in [0.2, 0.25) is 11.7 Å². The van der Waals surface area contributed by atoms with Gasteiger partial charge in [-0.15, -0.1) is 0 Å². The Morgan fingerprint density at radius 3 is 2.06 bits per heavy atom. The number of hydrogen-bond acceptors (Lipinski definition) is 4. The zero-order valence-electron chi connectivity index (χ0n) is 15.1. The van der Waals surface area contributed by atoms with Gasteiger partial charge in [-0.25, -0.2) is 14.1 Å². The highest BCUT2D eigenvalue weighted by Gasteiger charge is 2.35. The van der Waals surface area contributed by atoms with Gasteiger partial charge in [0, 0.05) is 18.7 Å². The molecular weight excluding hydrogens is 440 g/mol. The Balaban J connectivity index is 2.09. The van der Waals surface area contributed by atoms with Crippen molar-refractivity contribution in [3.8, 4) is 29.1 Å². The monoisotopic (exact) mass is 448 g/mol. The Morgan fingerprint density at radius 1 is 0.968 bits per heavy atom. The second-order valence-corrected chi connectivity index (χ2v) is 6.05. The molecule has 0 atom stereocenters. The van der Waals surface area contributed by atoms with Crippen molar-refractivity contribution in [1.82, 2.24) is 14.8 Å². The van der Waals surface area contributed by atoms with Crippen LogP contribution in [0.15, 0.2) is 30.3 Å². The van der Waals surface area contributed by atoms with E-state index in [1.807, 2.05) is 0 Å². The van der Waals surface area contributed by atoms with Crippen molar-refractivity contribution in [2.45, 2.75) is 12.4 Å². The summed E-state index contributed by atoms with van der Waals surface area (Å²) >= 11 is 0. The summed E-state index contributed by atoms with van der Waals surface area (Å²) in [7, 11) is 1.05. The molecule has 0 radical (unpaired) electrons. The van der Waals surface area contributed by atoms with Crippen LogP contribution in [0.4, 0.5) is 35.1 Å². The number of halogens is 8. The second kappa shape index (κ2) is 7.53. The van der Waals surface area contributed by atoms with Gasteiger partial charge in [0.15, 0.2) is 11.5 Å². The number of hydrogen-bond donors (Lipinski definition) is 0. The van der Waals surface area contributed by atoms with E-state index in [0.29, 0.717) is 22.9 Å². The van der Waals surface area contributed by atoms with Crippen molar-refractivity contribution >= 4 is 0 Å². The number of benzene rings is 1. The Bertz CT molecular complexity index is 1170. The van der Waals surface area contributed by atoms with Gasteiger partial charge >= 0.3 is 12.4 Å². The molecule has 0 saturated heterocycles. The molecule has 0 spiro atoms. The molecule has 0 unspecified atom stereocenters. The minimum Gasteiger partial charge on any atom is -0.418 e. The first-order valence-corrected chi connectivity index (χ1v) is 8.08. The summed E-state index contributed by atoms with van der Waals surface area (Å²) < 4.78 is 111. The standard InChI is InChI=1S/C18H8F8N4O/c1-30-12(6-11(29-30)18(24,25)26)31-16-14(20)10(7-27)13(19)15(28-16)8-2-4-9(5-3-8)17(21,22)23/h2-6H,1H3. The second-order valence-electron chi connectivity index (χ2n) is 6.05. The molecule has 0 saturated carbocycles. The van der Waals surface area contributed by atoms with E-state index in [1.54, 1.807) is 0 Å². The summed E-state index contributed by atoms with van der Waals surface area (Å²) in [6, 6.07) is 4.55. The minimum absolute atomic E-state index is 0.257. The highest BCUT2D eigenvalue weighted by molar-refractivity contribution is 5.64. The number of pyridine rings is 1. The topological polar surface area (TPSA) is 63.7 Å². The Morgan fingerprint density at radius 2 is 1.58 bits per heavy atom. The van der Waals surface area contributed by atoms with Crippen LogP contribution in [0.1, 0.15) is 16.8 Å². The van der Waals surface area contributed by atoms with E-state index in [4.69, 9.17) is 10.00 Å². The fraction of sp³-hybridized carbons (Fsp3) is 0.167. The van der Waals surface area contributed by atoms with Crippen LogP contribution >= 0.6 is 0 Å². The van der Waals surface area contributed by atoms with E-state index in [1.165, 1.54) is 6.07 Å². The molecule has 3 aromatic rings. The van der Waals surface area contributed by atoms with E-state index in [9.17, 15) is 35.1 Å². The van der Waals surface area contributed by atoms with Gasteiger partial charge in [-0.3, -0.25) is 0 Å². The van der Waals surface area contributed by atoms with Crippen molar-refractivity contribution in [3.63, 3.8) is 0 Å². The molecule has 0 aliphatic rings. The molecule has 3 rings (SSSR count). The average Bonchev–Trinajstić information content (AvgIpc) is 3.05. The highest BCUT2D eigenvalue weighted by atomic mass is 19.4. The molecule has 0 bridgehead atoms. The summed E-state index contributed by atoms with van der Waals surface area (Å²) in [5, 5.41) is 12.2. The predicted octanol–water partition coefficient (Wildman–Crippen LogP) is 5.46. The number of aromatic nitrogens is 3. The lowest BCUT2D eigenvalue weighted by Gasteiger charge is -2.11. The van der Waals surface area contributed by atoms with Gasteiger partial charge in [-0.05, 0) is 12.1 Å². The summed E-state index contributed by atoms with van der Waals surface area (Å²) in [5.74, 6) is -4.78. The molecule has 1 aromatic carbocycles. The van der Waals surface area contributed by atoms with E-state index < -0.39 is 58.3 Å². The van der Waals surface area contributed by atoms with Crippen LogP contribution in [-0.2, 0) is 19.4 Å².